The third-order valence-corrected chi connectivity index (χ3v) is 9.19. The molecule has 22 heavy (non-hydrogen) atoms. The maximum absolute atomic E-state index is 6.54. The minimum absolute atomic E-state index is 0.191. The van der Waals surface area contributed by atoms with E-state index in [0.29, 0.717) is 0 Å². The molecule has 0 aliphatic heterocycles. The van der Waals surface area contributed by atoms with Gasteiger partial charge in [-0.25, -0.2) is 0 Å². The highest BCUT2D eigenvalue weighted by Crippen LogP contribution is 2.37. The minimum Gasteiger partial charge on any atom is -0.410 e. The molecule has 0 saturated carbocycles. The molecule has 128 valence electrons. The molecule has 0 aromatic heterocycles. The molecule has 0 fully saturated rings. The molecule has 1 unspecified atom stereocenters. The molecule has 0 radical (unpaired) electrons. The molecule has 3 heteroatoms. The Morgan fingerprint density at radius 3 is 2.32 bits per heavy atom. The van der Waals surface area contributed by atoms with Gasteiger partial charge in [0.25, 0.3) is 0 Å². The molecule has 1 nitrogen and oxygen atoms in total. The summed E-state index contributed by atoms with van der Waals surface area (Å²) in [4.78, 5) is 0. The second-order valence-electron chi connectivity index (χ2n) is 7.32. The highest BCUT2D eigenvalue weighted by Gasteiger charge is 2.38. The Morgan fingerprint density at radius 2 is 1.77 bits per heavy atom. The molecule has 0 aromatic rings. The van der Waals surface area contributed by atoms with Gasteiger partial charge in [0.05, 0.1) is 6.10 Å². The van der Waals surface area contributed by atoms with Gasteiger partial charge in [0, 0.05) is 0 Å². The van der Waals surface area contributed by atoms with Crippen LogP contribution in [-0.4, -0.2) is 14.4 Å². The average molecular weight is 436 g/mol. The third kappa shape index (κ3) is 10.0. The Hall–Kier alpha value is 0.127. The van der Waals surface area contributed by atoms with Crippen LogP contribution < -0.4 is 0 Å². The van der Waals surface area contributed by atoms with Crippen molar-refractivity contribution in [1.29, 1.82) is 0 Å². The van der Waals surface area contributed by atoms with Crippen LogP contribution in [0.4, 0.5) is 0 Å². The molecule has 0 rings (SSSR count). The molecule has 0 spiro atoms. The number of hydrogen-bond acceptors (Lipinski definition) is 1. The van der Waals surface area contributed by atoms with Crippen LogP contribution in [0.25, 0.3) is 0 Å². The summed E-state index contributed by atoms with van der Waals surface area (Å²) in [6, 6.07) is 0. The van der Waals surface area contributed by atoms with Crippen LogP contribution in [0, 0.1) is 0 Å². The van der Waals surface area contributed by atoms with Crippen molar-refractivity contribution < 1.29 is 4.43 Å². The molecule has 1 atom stereocenters. The zero-order chi connectivity index (χ0) is 17.1. The molecule has 0 aliphatic rings. The van der Waals surface area contributed by atoms with E-state index in [1.165, 1.54) is 25.7 Å². The summed E-state index contributed by atoms with van der Waals surface area (Å²) in [5.74, 6) is 0. The molecule has 0 heterocycles. The topological polar surface area (TPSA) is 9.23 Å². The number of allylic oxidation sites excluding steroid dienone is 3. The van der Waals surface area contributed by atoms with Crippen LogP contribution in [0.1, 0.15) is 59.8 Å². The lowest BCUT2D eigenvalue weighted by molar-refractivity contribution is 0.228. The van der Waals surface area contributed by atoms with Gasteiger partial charge >= 0.3 is 0 Å². The van der Waals surface area contributed by atoms with Crippen LogP contribution >= 0.6 is 22.6 Å². The van der Waals surface area contributed by atoms with Crippen molar-refractivity contribution in [2.45, 2.75) is 84.0 Å². The normalized spacial score (nSPS) is 15.4. The summed E-state index contributed by atoms with van der Waals surface area (Å²) < 4.78 is 8.57. The van der Waals surface area contributed by atoms with Crippen molar-refractivity contribution in [3.05, 3.63) is 34.5 Å². The van der Waals surface area contributed by atoms with Gasteiger partial charge in [0.15, 0.2) is 8.32 Å². The third-order valence-electron chi connectivity index (χ3n) is 4.27. The Labute approximate surface area is 153 Å². The summed E-state index contributed by atoms with van der Waals surface area (Å²) >= 11 is 2.24. The van der Waals surface area contributed by atoms with Crippen LogP contribution in [-0.2, 0) is 4.43 Å². The molecule has 0 aliphatic carbocycles. The second-order valence-corrected chi connectivity index (χ2v) is 12.8. The van der Waals surface area contributed by atoms with E-state index in [0.717, 1.165) is 6.42 Å². The zero-order valence-corrected chi connectivity index (χ0v) is 18.5. The van der Waals surface area contributed by atoms with Gasteiger partial charge in [0.1, 0.15) is 0 Å². The Morgan fingerprint density at radius 1 is 1.09 bits per heavy atom. The SMILES string of the molecule is CCCCC/C=C\CC(/[13CH]=[13CH]/C=C/I)O[Si](C)(C)C(C)(C)C. The largest absolute Gasteiger partial charge is 0.410 e. The lowest BCUT2D eigenvalue weighted by Gasteiger charge is -2.38. The summed E-state index contributed by atoms with van der Waals surface area (Å²) in [5.41, 5.74) is 0. The van der Waals surface area contributed by atoms with Gasteiger partial charge in [0.2, 0.25) is 0 Å². The standard InChI is InChI=1S/C19H35IOSi/c1-7-8-9-10-11-12-15-18(16-13-14-17-20)21-22(5,6)19(2,3)4/h11-14,16-18H,7-10,15H2,1-6H3/b12-11-,16-13+,17-14+/i13+1,16+1. The van der Waals surface area contributed by atoms with Crippen LogP contribution in [0.3, 0.4) is 0 Å². The predicted octanol–water partition coefficient (Wildman–Crippen LogP) is 7.41. The number of rotatable bonds is 10. The fourth-order valence-corrected chi connectivity index (χ4v) is 3.34. The molecule has 0 N–H and O–H groups in total. The summed E-state index contributed by atoms with van der Waals surface area (Å²) in [7, 11) is -1.72. The summed E-state index contributed by atoms with van der Waals surface area (Å²) in [6.45, 7) is 13.8. The van der Waals surface area contributed by atoms with Crippen molar-refractivity contribution in [1.82, 2.24) is 0 Å². The van der Waals surface area contributed by atoms with E-state index in [-0.39, 0.29) is 11.1 Å². The van der Waals surface area contributed by atoms with Crippen molar-refractivity contribution in [3.63, 3.8) is 0 Å². The predicted molar refractivity (Wildman–Crippen MR) is 112 cm³/mol. The van der Waals surface area contributed by atoms with Gasteiger partial charge in [-0.1, -0.05) is 93.5 Å². The number of hydrogen-bond donors (Lipinski definition) is 0. The first-order chi connectivity index (χ1) is 10.2. The Balaban J connectivity index is 4.63. The van der Waals surface area contributed by atoms with Crippen LogP contribution in [0.5, 0.6) is 0 Å². The smallest absolute Gasteiger partial charge is 0.192 e. The van der Waals surface area contributed by atoms with E-state index in [1.807, 2.05) is 4.08 Å². The maximum atomic E-state index is 6.54. The zero-order valence-electron chi connectivity index (χ0n) is 15.4. The highest BCUT2D eigenvalue weighted by molar-refractivity contribution is 14.1. The first-order valence-corrected chi connectivity index (χ1v) is 12.7. The van der Waals surface area contributed by atoms with E-state index in [1.54, 1.807) is 0 Å². The van der Waals surface area contributed by atoms with E-state index in [2.05, 4.69) is 93.8 Å². The monoisotopic (exact) mass is 436 g/mol. The Bertz CT molecular complexity index is 364. The number of halogens is 1. The van der Waals surface area contributed by atoms with Crippen molar-refractivity contribution in [2.75, 3.05) is 0 Å². The Kier molecular flexibility index (Phi) is 11.7. The van der Waals surface area contributed by atoms with Crippen molar-refractivity contribution in [2.24, 2.45) is 0 Å². The van der Waals surface area contributed by atoms with E-state index in [9.17, 15) is 0 Å². The lowest BCUT2D eigenvalue weighted by Crippen LogP contribution is -2.43. The van der Waals surface area contributed by atoms with E-state index in [4.69, 9.17) is 4.43 Å². The van der Waals surface area contributed by atoms with Gasteiger partial charge in [-0.2, -0.15) is 0 Å². The van der Waals surface area contributed by atoms with Crippen LogP contribution in [0.15, 0.2) is 34.5 Å². The fourth-order valence-electron chi connectivity index (χ4n) is 1.81. The van der Waals surface area contributed by atoms with Crippen LogP contribution in [0.2, 0.25) is 18.1 Å². The van der Waals surface area contributed by atoms with Gasteiger partial charge < -0.3 is 4.43 Å². The summed E-state index contributed by atoms with van der Waals surface area (Å²) in [5, 5.41) is 0.253. The quantitative estimate of drug-likeness (QED) is 0.0865. The summed E-state index contributed by atoms with van der Waals surface area (Å²) in [6.07, 6.45) is 17.3. The molecule has 0 aromatic carbocycles. The average Bonchev–Trinajstić information content (AvgIpc) is 2.41. The fraction of sp³-hybridized carbons (Fsp3) is 0.684. The van der Waals surface area contributed by atoms with E-state index < -0.39 is 8.32 Å². The first kappa shape index (κ1) is 22.1. The first-order valence-electron chi connectivity index (χ1n) is 8.51. The van der Waals surface area contributed by atoms with Crippen molar-refractivity contribution in [3.8, 4) is 0 Å². The van der Waals surface area contributed by atoms with Gasteiger partial charge in [-0.05, 0) is 41.5 Å². The van der Waals surface area contributed by atoms with Gasteiger partial charge in [-0.3, -0.25) is 0 Å². The molecule has 0 bridgehead atoms. The molecule has 0 saturated heterocycles. The molecular formula is C19H35IOSi. The number of unbranched alkanes of at least 4 members (excludes halogenated alkanes) is 3. The second kappa shape index (κ2) is 11.6. The molecular weight excluding hydrogens is 401 g/mol. The van der Waals surface area contributed by atoms with Crippen molar-refractivity contribution >= 4 is 30.9 Å². The van der Waals surface area contributed by atoms with E-state index >= 15 is 0 Å². The highest BCUT2D eigenvalue weighted by atomic mass is 127. The maximum Gasteiger partial charge on any atom is 0.192 e. The lowest BCUT2D eigenvalue weighted by atomic mass is 10.2. The van der Waals surface area contributed by atoms with Gasteiger partial charge in [-0.15, -0.1) is 0 Å². The minimum atomic E-state index is -1.72. The molecule has 0 amide bonds.